The Kier molecular flexibility index (Phi) is 5.70. The quantitative estimate of drug-likeness (QED) is 0.876. The maximum Gasteiger partial charge on any atom is 0.416 e. The molecule has 3 unspecified atom stereocenters. The highest BCUT2D eigenvalue weighted by molar-refractivity contribution is 7.99. The van der Waals surface area contributed by atoms with Crippen molar-refractivity contribution in [3.05, 3.63) is 35.4 Å². The lowest BCUT2D eigenvalue weighted by Crippen LogP contribution is -2.20. The van der Waals surface area contributed by atoms with E-state index in [1.54, 1.807) is 6.92 Å². The zero-order valence-electron chi connectivity index (χ0n) is 10.8. The van der Waals surface area contributed by atoms with Gasteiger partial charge in [0.25, 0.3) is 0 Å². The zero-order chi connectivity index (χ0) is 14.6. The molecule has 0 saturated heterocycles. The molecule has 0 heterocycles. The number of halogens is 3. The first-order chi connectivity index (χ1) is 8.71. The number of hydrogen-bond acceptors (Lipinski definition) is 3. The Morgan fingerprint density at radius 2 is 1.74 bits per heavy atom. The van der Waals surface area contributed by atoms with Gasteiger partial charge in [-0.15, -0.1) is 0 Å². The third kappa shape index (κ3) is 5.04. The number of rotatable bonds is 5. The van der Waals surface area contributed by atoms with E-state index in [-0.39, 0.29) is 11.3 Å². The molecule has 1 rings (SSSR count). The number of aliphatic hydroxyl groups is 1. The van der Waals surface area contributed by atoms with E-state index in [9.17, 15) is 18.3 Å². The molecule has 0 saturated carbocycles. The van der Waals surface area contributed by atoms with Gasteiger partial charge in [-0.05, 0) is 24.6 Å². The van der Waals surface area contributed by atoms with Crippen molar-refractivity contribution in [2.75, 3.05) is 5.75 Å². The largest absolute Gasteiger partial charge is 0.416 e. The fraction of sp³-hybridized carbons (Fsp3) is 0.538. The lowest BCUT2D eigenvalue weighted by molar-refractivity contribution is -0.137. The molecular weight excluding hydrogens is 275 g/mol. The predicted octanol–water partition coefficient (Wildman–Crippen LogP) is 3.21. The van der Waals surface area contributed by atoms with E-state index in [4.69, 9.17) is 5.73 Å². The third-order valence-corrected chi connectivity index (χ3v) is 4.36. The average molecular weight is 293 g/mol. The second kappa shape index (κ2) is 6.63. The number of thioether (sulfide) groups is 1. The molecule has 3 atom stereocenters. The molecule has 1 aromatic rings. The van der Waals surface area contributed by atoms with E-state index >= 15 is 0 Å². The maximum atomic E-state index is 12.4. The first kappa shape index (κ1) is 16.3. The Labute approximate surface area is 115 Å². The summed E-state index contributed by atoms with van der Waals surface area (Å²) in [5.74, 6) is 0.553. The highest BCUT2D eigenvalue weighted by Crippen LogP contribution is 2.30. The van der Waals surface area contributed by atoms with Crippen LogP contribution >= 0.6 is 11.8 Å². The number of hydrogen-bond donors (Lipinski definition) is 2. The van der Waals surface area contributed by atoms with Gasteiger partial charge in [0.05, 0.1) is 11.7 Å². The van der Waals surface area contributed by atoms with Crippen LogP contribution in [-0.2, 0) is 6.18 Å². The van der Waals surface area contributed by atoms with Gasteiger partial charge in [-0.1, -0.05) is 19.1 Å². The molecule has 19 heavy (non-hydrogen) atoms. The summed E-state index contributed by atoms with van der Waals surface area (Å²) in [4.78, 5) is 0. The summed E-state index contributed by atoms with van der Waals surface area (Å²) < 4.78 is 37.2. The van der Waals surface area contributed by atoms with Gasteiger partial charge in [0, 0.05) is 17.0 Å². The van der Waals surface area contributed by atoms with Crippen LogP contribution in [0, 0.1) is 0 Å². The van der Waals surface area contributed by atoms with Gasteiger partial charge in [0.15, 0.2) is 0 Å². The van der Waals surface area contributed by atoms with E-state index in [1.165, 1.54) is 23.9 Å². The topological polar surface area (TPSA) is 46.2 Å². The summed E-state index contributed by atoms with van der Waals surface area (Å²) in [5.41, 5.74) is 5.91. The Morgan fingerprint density at radius 1 is 1.21 bits per heavy atom. The van der Waals surface area contributed by atoms with Crippen molar-refractivity contribution in [3.63, 3.8) is 0 Å². The molecule has 0 fully saturated rings. The predicted molar refractivity (Wildman–Crippen MR) is 72.0 cm³/mol. The molecule has 0 aromatic heterocycles. The van der Waals surface area contributed by atoms with Crippen LogP contribution < -0.4 is 5.73 Å². The van der Waals surface area contributed by atoms with Crippen LogP contribution in [0.25, 0.3) is 0 Å². The minimum atomic E-state index is -4.32. The first-order valence-corrected chi connectivity index (χ1v) is 6.99. The van der Waals surface area contributed by atoms with Crippen molar-refractivity contribution < 1.29 is 18.3 Å². The molecule has 1 aromatic carbocycles. The number of nitrogens with two attached hydrogens (primary N) is 1. The number of aliphatic hydroxyl groups excluding tert-OH is 1. The van der Waals surface area contributed by atoms with Gasteiger partial charge in [-0.25, -0.2) is 0 Å². The molecule has 0 aliphatic rings. The maximum absolute atomic E-state index is 12.4. The van der Waals surface area contributed by atoms with Gasteiger partial charge in [0.1, 0.15) is 0 Å². The van der Waals surface area contributed by atoms with Crippen molar-refractivity contribution in [2.24, 2.45) is 5.73 Å². The highest BCUT2D eigenvalue weighted by atomic mass is 32.2. The Balaban J connectivity index is 2.61. The molecule has 0 radical (unpaired) electrons. The van der Waals surface area contributed by atoms with E-state index < -0.39 is 17.8 Å². The summed E-state index contributed by atoms with van der Waals surface area (Å²) in [6.45, 7) is 3.58. The zero-order valence-corrected chi connectivity index (χ0v) is 11.6. The molecule has 0 bridgehead atoms. The van der Waals surface area contributed by atoms with Crippen molar-refractivity contribution in [1.29, 1.82) is 0 Å². The Morgan fingerprint density at radius 3 is 2.16 bits per heavy atom. The fourth-order valence-electron chi connectivity index (χ4n) is 1.41. The second-order valence-corrected chi connectivity index (χ2v) is 5.92. The smallest absolute Gasteiger partial charge is 0.392 e. The van der Waals surface area contributed by atoms with Crippen molar-refractivity contribution in [2.45, 2.75) is 37.4 Å². The van der Waals surface area contributed by atoms with Crippen molar-refractivity contribution in [3.8, 4) is 0 Å². The summed E-state index contributed by atoms with van der Waals surface area (Å²) in [6, 6.07) is 4.55. The monoisotopic (exact) mass is 293 g/mol. The number of alkyl halides is 3. The summed E-state index contributed by atoms with van der Waals surface area (Å²) in [6.07, 6.45) is -4.76. The van der Waals surface area contributed by atoms with Crippen LogP contribution in [0.3, 0.4) is 0 Å². The van der Waals surface area contributed by atoms with Crippen LogP contribution in [0.4, 0.5) is 13.2 Å². The van der Waals surface area contributed by atoms with Crippen LogP contribution in [0.5, 0.6) is 0 Å². The Bertz CT molecular complexity index is 392. The van der Waals surface area contributed by atoms with Crippen molar-refractivity contribution in [1.82, 2.24) is 0 Å². The normalized spacial score (nSPS) is 17.0. The lowest BCUT2D eigenvalue weighted by Gasteiger charge is -2.18. The second-order valence-electron chi connectivity index (χ2n) is 4.51. The van der Waals surface area contributed by atoms with Crippen molar-refractivity contribution >= 4 is 11.8 Å². The van der Waals surface area contributed by atoms with Crippen LogP contribution in [0.1, 0.15) is 31.0 Å². The van der Waals surface area contributed by atoms with Crippen LogP contribution in [0.15, 0.2) is 24.3 Å². The summed E-state index contributed by atoms with van der Waals surface area (Å²) in [5, 5.41) is 9.39. The molecule has 6 heteroatoms. The average Bonchev–Trinajstić information content (AvgIpc) is 2.34. The van der Waals surface area contributed by atoms with Gasteiger partial charge >= 0.3 is 6.18 Å². The molecule has 3 N–H and O–H groups in total. The van der Waals surface area contributed by atoms with Gasteiger partial charge in [0.2, 0.25) is 0 Å². The summed E-state index contributed by atoms with van der Waals surface area (Å²) >= 11 is 1.50. The molecule has 0 amide bonds. The van der Waals surface area contributed by atoms with E-state index in [1.807, 2.05) is 6.92 Å². The van der Waals surface area contributed by atoms with Crippen LogP contribution in [-0.4, -0.2) is 22.2 Å². The first-order valence-electron chi connectivity index (χ1n) is 5.94. The van der Waals surface area contributed by atoms with Gasteiger partial charge in [-0.3, -0.25) is 0 Å². The van der Waals surface area contributed by atoms with E-state index in [0.717, 1.165) is 12.1 Å². The third-order valence-electron chi connectivity index (χ3n) is 2.88. The SMILES string of the molecule is CC(O)C(C)SCC(N)c1ccc(C(F)(F)F)cc1. The van der Waals surface area contributed by atoms with E-state index in [0.29, 0.717) is 11.3 Å². The van der Waals surface area contributed by atoms with Crippen LogP contribution in [0.2, 0.25) is 0 Å². The molecular formula is C13H18F3NOS. The molecule has 108 valence electrons. The fourth-order valence-corrected chi connectivity index (χ4v) is 2.39. The molecule has 0 spiro atoms. The van der Waals surface area contributed by atoms with E-state index in [2.05, 4.69) is 0 Å². The Hall–Kier alpha value is -0.720. The van der Waals surface area contributed by atoms with Gasteiger partial charge < -0.3 is 10.8 Å². The molecule has 0 aliphatic carbocycles. The molecule has 0 aliphatic heterocycles. The minimum Gasteiger partial charge on any atom is -0.392 e. The minimum absolute atomic E-state index is 0.0421. The summed E-state index contributed by atoms with van der Waals surface area (Å²) in [7, 11) is 0. The number of benzene rings is 1. The van der Waals surface area contributed by atoms with Gasteiger partial charge in [-0.2, -0.15) is 24.9 Å². The highest BCUT2D eigenvalue weighted by Gasteiger charge is 2.30. The standard InChI is InChI=1S/C13H18F3NOS/c1-8(18)9(2)19-7-12(17)10-3-5-11(6-4-10)13(14,15)16/h3-6,8-9,12,18H,7,17H2,1-2H3. The lowest BCUT2D eigenvalue weighted by atomic mass is 10.1. The molecule has 2 nitrogen and oxygen atoms in total.